The van der Waals surface area contributed by atoms with Crippen LogP contribution in [0.4, 0.5) is 5.69 Å². The van der Waals surface area contributed by atoms with Crippen LogP contribution in [0.5, 0.6) is 0 Å². The molecule has 0 fully saturated rings. The van der Waals surface area contributed by atoms with Gasteiger partial charge in [-0.1, -0.05) is 23.7 Å². The number of amides is 2. The Balaban J connectivity index is 1.71. The van der Waals surface area contributed by atoms with Crippen molar-refractivity contribution in [3.63, 3.8) is 0 Å². The summed E-state index contributed by atoms with van der Waals surface area (Å²) < 4.78 is 4.79. The third kappa shape index (κ3) is 4.00. The molecule has 2 aromatic carbocycles. The number of halogens is 1. The summed E-state index contributed by atoms with van der Waals surface area (Å²) in [5.74, 6) is -0.181. The van der Waals surface area contributed by atoms with Gasteiger partial charge in [0.2, 0.25) is 5.91 Å². The Hall–Kier alpha value is -2.37. The molecule has 1 aliphatic rings. The first-order valence-corrected chi connectivity index (χ1v) is 8.41. The van der Waals surface area contributed by atoms with E-state index in [2.05, 4.69) is 5.32 Å². The molecule has 5 nitrogen and oxygen atoms in total. The van der Waals surface area contributed by atoms with Crippen molar-refractivity contribution >= 4 is 29.1 Å². The number of nitrogens with zero attached hydrogens (tertiary/aromatic N) is 1. The predicted molar refractivity (Wildman–Crippen MR) is 97.0 cm³/mol. The highest BCUT2D eigenvalue weighted by atomic mass is 35.5. The first kappa shape index (κ1) is 17.5. The smallest absolute Gasteiger partial charge is 0.258 e. The molecule has 6 heteroatoms. The second-order valence-electron chi connectivity index (χ2n) is 5.89. The third-order valence-corrected chi connectivity index (χ3v) is 4.39. The van der Waals surface area contributed by atoms with Gasteiger partial charge in [0.05, 0.1) is 0 Å². The summed E-state index contributed by atoms with van der Waals surface area (Å²) in [5.41, 5.74) is 3.66. The number of fused-ring (bicyclic) bond motifs is 1. The molecule has 0 atom stereocenters. The Morgan fingerprint density at radius 3 is 2.68 bits per heavy atom. The van der Waals surface area contributed by atoms with Crippen LogP contribution in [0.2, 0.25) is 5.02 Å². The van der Waals surface area contributed by atoms with Crippen LogP contribution in [0.3, 0.4) is 0 Å². The van der Waals surface area contributed by atoms with Crippen LogP contribution in [0.1, 0.15) is 21.5 Å². The molecular formula is C19H19ClN2O3. The van der Waals surface area contributed by atoms with Gasteiger partial charge in [0, 0.05) is 36.5 Å². The zero-order valence-electron chi connectivity index (χ0n) is 13.9. The SMILES string of the molecule is COCC(=O)NCc1ccc2c(c1)CCN2C(=O)c1ccc(Cl)cc1. The number of methoxy groups -OCH3 is 1. The lowest BCUT2D eigenvalue weighted by molar-refractivity contribution is -0.124. The summed E-state index contributed by atoms with van der Waals surface area (Å²) in [5, 5.41) is 3.41. The predicted octanol–water partition coefficient (Wildman–Crippen LogP) is 2.81. The van der Waals surface area contributed by atoms with Crippen LogP contribution in [0.25, 0.3) is 0 Å². The summed E-state index contributed by atoms with van der Waals surface area (Å²) in [6.45, 7) is 1.14. The van der Waals surface area contributed by atoms with Gasteiger partial charge in [0.15, 0.2) is 0 Å². The first-order valence-electron chi connectivity index (χ1n) is 8.03. The van der Waals surface area contributed by atoms with Gasteiger partial charge in [0.25, 0.3) is 5.91 Å². The molecule has 130 valence electrons. The number of anilines is 1. The lowest BCUT2D eigenvalue weighted by Crippen LogP contribution is -2.28. The van der Waals surface area contributed by atoms with Crippen molar-refractivity contribution in [1.29, 1.82) is 0 Å². The van der Waals surface area contributed by atoms with Crippen molar-refractivity contribution in [2.75, 3.05) is 25.2 Å². The Bertz CT molecular complexity index is 790. The maximum atomic E-state index is 12.7. The molecule has 0 saturated heterocycles. The number of hydrogen-bond donors (Lipinski definition) is 1. The van der Waals surface area contributed by atoms with Gasteiger partial charge in [-0.2, -0.15) is 0 Å². The number of carbonyl (C=O) groups excluding carboxylic acids is 2. The quantitative estimate of drug-likeness (QED) is 0.894. The molecule has 0 saturated carbocycles. The Morgan fingerprint density at radius 1 is 1.20 bits per heavy atom. The van der Waals surface area contributed by atoms with E-state index in [0.717, 1.165) is 23.2 Å². The van der Waals surface area contributed by atoms with Crippen molar-refractivity contribution in [2.45, 2.75) is 13.0 Å². The number of ether oxygens (including phenoxy) is 1. The summed E-state index contributed by atoms with van der Waals surface area (Å²) in [4.78, 5) is 26.0. The van der Waals surface area contributed by atoms with E-state index in [1.807, 2.05) is 18.2 Å². The highest BCUT2D eigenvalue weighted by Gasteiger charge is 2.25. The number of hydrogen-bond acceptors (Lipinski definition) is 3. The van der Waals surface area contributed by atoms with Gasteiger partial charge < -0.3 is 15.0 Å². The number of benzene rings is 2. The summed E-state index contributed by atoms with van der Waals surface area (Å²) in [6.07, 6.45) is 0.800. The minimum Gasteiger partial charge on any atom is -0.375 e. The molecule has 1 heterocycles. The molecule has 0 aliphatic carbocycles. The van der Waals surface area contributed by atoms with Gasteiger partial charge in [-0.05, 0) is 47.9 Å². The zero-order chi connectivity index (χ0) is 17.8. The largest absolute Gasteiger partial charge is 0.375 e. The fourth-order valence-electron chi connectivity index (χ4n) is 2.91. The van der Waals surface area contributed by atoms with Gasteiger partial charge in [0.1, 0.15) is 6.61 Å². The molecular weight excluding hydrogens is 340 g/mol. The van der Waals surface area contributed by atoms with Crippen molar-refractivity contribution in [2.24, 2.45) is 0 Å². The highest BCUT2D eigenvalue weighted by molar-refractivity contribution is 6.30. The minimum absolute atomic E-state index is 0.0310. The molecule has 2 aromatic rings. The van der Waals surface area contributed by atoms with Crippen molar-refractivity contribution in [1.82, 2.24) is 5.32 Å². The van der Waals surface area contributed by atoms with Crippen molar-refractivity contribution in [3.8, 4) is 0 Å². The fourth-order valence-corrected chi connectivity index (χ4v) is 3.03. The summed E-state index contributed by atoms with van der Waals surface area (Å²) >= 11 is 5.88. The van der Waals surface area contributed by atoms with Gasteiger partial charge in [-0.3, -0.25) is 9.59 Å². The lowest BCUT2D eigenvalue weighted by atomic mass is 10.1. The van der Waals surface area contributed by atoms with Crippen LogP contribution in [0.15, 0.2) is 42.5 Å². The average molecular weight is 359 g/mol. The van der Waals surface area contributed by atoms with E-state index in [-0.39, 0.29) is 18.4 Å². The van der Waals surface area contributed by atoms with E-state index >= 15 is 0 Å². The van der Waals surface area contributed by atoms with E-state index in [0.29, 0.717) is 23.7 Å². The average Bonchev–Trinajstić information content (AvgIpc) is 3.03. The molecule has 2 amide bonds. The molecule has 1 aliphatic heterocycles. The lowest BCUT2D eigenvalue weighted by Gasteiger charge is -2.18. The van der Waals surface area contributed by atoms with Crippen LogP contribution in [-0.4, -0.2) is 32.1 Å². The van der Waals surface area contributed by atoms with Crippen LogP contribution < -0.4 is 10.2 Å². The minimum atomic E-state index is -0.150. The standard InChI is InChI=1S/C19H19ClN2O3/c1-25-12-18(23)21-11-13-2-7-17-15(10-13)8-9-22(17)19(24)14-3-5-16(20)6-4-14/h2-7,10H,8-9,11-12H2,1H3,(H,21,23). The van der Waals surface area contributed by atoms with Crippen LogP contribution in [0, 0.1) is 0 Å². The molecule has 3 rings (SSSR count). The zero-order valence-corrected chi connectivity index (χ0v) is 14.7. The molecule has 0 bridgehead atoms. The monoisotopic (exact) mass is 358 g/mol. The fraction of sp³-hybridized carbons (Fsp3) is 0.263. The third-order valence-electron chi connectivity index (χ3n) is 4.14. The molecule has 0 unspecified atom stereocenters. The first-order chi connectivity index (χ1) is 12.1. The summed E-state index contributed by atoms with van der Waals surface area (Å²) in [7, 11) is 1.49. The van der Waals surface area contributed by atoms with Crippen molar-refractivity contribution < 1.29 is 14.3 Å². The van der Waals surface area contributed by atoms with Crippen molar-refractivity contribution in [3.05, 3.63) is 64.2 Å². The second-order valence-corrected chi connectivity index (χ2v) is 6.32. The Labute approximate surface area is 151 Å². The van der Waals surface area contributed by atoms with E-state index in [1.165, 1.54) is 7.11 Å². The topological polar surface area (TPSA) is 58.6 Å². The summed E-state index contributed by atoms with van der Waals surface area (Å²) in [6, 6.07) is 12.8. The maximum absolute atomic E-state index is 12.7. The highest BCUT2D eigenvalue weighted by Crippen LogP contribution is 2.30. The number of rotatable bonds is 5. The van der Waals surface area contributed by atoms with Gasteiger partial charge >= 0.3 is 0 Å². The molecule has 0 aromatic heterocycles. The van der Waals surface area contributed by atoms with E-state index in [1.54, 1.807) is 29.2 Å². The van der Waals surface area contributed by atoms with E-state index in [9.17, 15) is 9.59 Å². The van der Waals surface area contributed by atoms with E-state index < -0.39 is 0 Å². The Kier molecular flexibility index (Phi) is 5.36. The second kappa shape index (κ2) is 7.68. The number of nitrogens with one attached hydrogen (secondary N) is 1. The molecule has 0 spiro atoms. The molecule has 1 N–H and O–H groups in total. The normalized spacial score (nSPS) is 12.8. The van der Waals surface area contributed by atoms with Crippen LogP contribution >= 0.6 is 11.6 Å². The number of carbonyl (C=O) groups is 2. The maximum Gasteiger partial charge on any atom is 0.258 e. The molecule has 25 heavy (non-hydrogen) atoms. The van der Waals surface area contributed by atoms with Crippen LogP contribution in [-0.2, 0) is 22.5 Å². The molecule has 0 radical (unpaired) electrons. The van der Waals surface area contributed by atoms with Gasteiger partial charge in [-0.25, -0.2) is 0 Å². The Morgan fingerprint density at radius 2 is 1.96 bits per heavy atom. The van der Waals surface area contributed by atoms with E-state index in [4.69, 9.17) is 16.3 Å². The van der Waals surface area contributed by atoms with Gasteiger partial charge in [-0.15, -0.1) is 0 Å².